The van der Waals surface area contributed by atoms with E-state index >= 15 is 0 Å². The largest absolute Gasteiger partial charge is 0.481 e. The van der Waals surface area contributed by atoms with Crippen molar-refractivity contribution in [2.75, 3.05) is 18.9 Å². The van der Waals surface area contributed by atoms with E-state index in [1.807, 2.05) is 11.8 Å². The van der Waals surface area contributed by atoms with Crippen molar-refractivity contribution < 1.29 is 33.6 Å². The zero-order chi connectivity index (χ0) is 18.2. The Morgan fingerprint density at radius 2 is 2.08 bits per heavy atom. The quantitative estimate of drug-likeness (QED) is 0.189. The van der Waals surface area contributed by atoms with Crippen molar-refractivity contribution in [2.45, 2.75) is 43.0 Å². The highest BCUT2D eigenvalue weighted by molar-refractivity contribution is 8.00. The molecule has 7 N–H and O–H groups in total. The number of hydrogen-bond acceptors (Lipinski definition) is 6. The number of unbranched alkanes of at least 4 members (excludes halogenated alkanes) is 1. The SMILES string of the molecule is NCCOP(=O)(O)O.O=C(O)CCCC[C@@H]1SC[C@@H]2NC(=O)N[C@@H]21. The highest BCUT2D eigenvalue weighted by Crippen LogP contribution is 2.35. The Kier molecular flexibility index (Phi) is 9.03. The number of carboxylic acids is 1. The van der Waals surface area contributed by atoms with Gasteiger partial charge in [0, 0.05) is 24.0 Å². The molecule has 0 bridgehead atoms. The summed E-state index contributed by atoms with van der Waals surface area (Å²) in [5.41, 5.74) is 4.87. The van der Waals surface area contributed by atoms with Gasteiger partial charge in [-0.15, -0.1) is 0 Å². The van der Waals surface area contributed by atoms with Crippen molar-refractivity contribution in [2.24, 2.45) is 5.73 Å². The smallest absolute Gasteiger partial charge is 0.469 e. The molecule has 3 atom stereocenters. The molecule has 2 aliphatic rings. The fraction of sp³-hybridized carbons (Fsp3) is 0.833. The topological polar surface area (TPSA) is 171 Å². The van der Waals surface area contributed by atoms with Crippen molar-refractivity contribution >= 4 is 31.6 Å². The van der Waals surface area contributed by atoms with Gasteiger partial charge in [-0.1, -0.05) is 6.42 Å². The number of thioether (sulfide) groups is 1. The van der Waals surface area contributed by atoms with E-state index in [2.05, 4.69) is 15.2 Å². The van der Waals surface area contributed by atoms with Crippen LogP contribution in [-0.2, 0) is 13.9 Å². The highest BCUT2D eigenvalue weighted by atomic mass is 32.2. The molecule has 24 heavy (non-hydrogen) atoms. The number of rotatable bonds is 8. The Morgan fingerprint density at radius 3 is 2.62 bits per heavy atom. The van der Waals surface area contributed by atoms with Crippen LogP contribution in [0.2, 0.25) is 0 Å². The summed E-state index contributed by atoms with van der Waals surface area (Å²) in [6.07, 6.45) is 2.88. The molecule has 12 heteroatoms. The van der Waals surface area contributed by atoms with Gasteiger partial charge in [-0.2, -0.15) is 11.8 Å². The Balaban J connectivity index is 0.000000307. The first kappa shape index (κ1) is 21.2. The van der Waals surface area contributed by atoms with Gasteiger partial charge in [-0.25, -0.2) is 9.36 Å². The average molecular weight is 385 g/mol. The maximum Gasteiger partial charge on any atom is 0.469 e. The Labute approximate surface area is 144 Å². The van der Waals surface area contributed by atoms with Gasteiger partial charge in [0.25, 0.3) is 0 Å². The molecule has 2 amide bonds. The lowest BCUT2D eigenvalue weighted by Gasteiger charge is -2.16. The molecule has 2 aliphatic heterocycles. The van der Waals surface area contributed by atoms with Gasteiger partial charge in [0.05, 0.1) is 18.7 Å². The summed E-state index contributed by atoms with van der Waals surface area (Å²) < 4.78 is 13.7. The van der Waals surface area contributed by atoms with Gasteiger partial charge >= 0.3 is 19.8 Å². The zero-order valence-corrected chi connectivity index (χ0v) is 14.8. The number of hydrogen-bond donors (Lipinski definition) is 6. The molecule has 0 aromatic carbocycles. The van der Waals surface area contributed by atoms with Crippen molar-refractivity contribution in [3.05, 3.63) is 0 Å². The van der Waals surface area contributed by atoms with Gasteiger partial charge in [-0.05, 0) is 12.8 Å². The number of nitrogens with two attached hydrogens (primary N) is 1. The number of fused-ring (bicyclic) bond motifs is 1. The third-order valence-electron chi connectivity index (χ3n) is 3.44. The summed E-state index contributed by atoms with van der Waals surface area (Å²) in [5.74, 6) is 0.236. The Morgan fingerprint density at radius 1 is 1.38 bits per heavy atom. The number of carbonyl (C=O) groups is 2. The van der Waals surface area contributed by atoms with Crippen LogP contribution in [0.5, 0.6) is 0 Å². The fourth-order valence-corrected chi connectivity index (χ4v) is 4.32. The molecule has 2 rings (SSSR count). The molecule has 0 radical (unpaired) electrons. The second-order valence-electron chi connectivity index (χ2n) is 5.37. The molecule has 2 heterocycles. The molecule has 0 aromatic heterocycles. The van der Waals surface area contributed by atoms with Crippen LogP contribution < -0.4 is 16.4 Å². The lowest BCUT2D eigenvalue weighted by molar-refractivity contribution is -0.137. The van der Waals surface area contributed by atoms with Crippen molar-refractivity contribution in [1.82, 2.24) is 10.6 Å². The minimum Gasteiger partial charge on any atom is -0.481 e. The second kappa shape index (κ2) is 10.2. The van der Waals surface area contributed by atoms with Crippen LogP contribution in [0.25, 0.3) is 0 Å². The molecular formula is C12H24N3O7PS. The molecule has 0 spiro atoms. The number of carboxylic acid groups (broad SMARTS) is 1. The number of aliphatic carboxylic acids is 1. The standard InChI is InChI=1S/C10H16N2O3S.C2H8NO4P/c13-8(14)4-2-1-3-7-9-6(5-16-7)11-10(15)12-9;3-1-2-7-8(4,5)6/h6-7,9H,1-5H2,(H,13,14)(H2,11,12,15);1-3H2,(H2,4,5,6)/t6-,7-,9-;/m0./s1. The monoisotopic (exact) mass is 385 g/mol. The number of nitrogens with one attached hydrogen (secondary N) is 2. The van der Waals surface area contributed by atoms with Crippen LogP contribution in [-0.4, -0.2) is 63.1 Å². The van der Waals surface area contributed by atoms with E-state index in [-0.39, 0.29) is 37.7 Å². The van der Waals surface area contributed by atoms with Crippen molar-refractivity contribution in [3.63, 3.8) is 0 Å². The van der Waals surface area contributed by atoms with Gasteiger partial charge in [0.1, 0.15) is 0 Å². The third kappa shape index (κ3) is 8.32. The number of amides is 2. The van der Waals surface area contributed by atoms with Crippen molar-refractivity contribution in [1.29, 1.82) is 0 Å². The van der Waals surface area contributed by atoms with Crippen LogP contribution in [0.1, 0.15) is 25.7 Å². The van der Waals surface area contributed by atoms with Crippen LogP contribution in [0.3, 0.4) is 0 Å². The lowest BCUT2D eigenvalue weighted by Crippen LogP contribution is -2.36. The van der Waals surface area contributed by atoms with E-state index in [0.717, 1.165) is 25.0 Å². The Bertz CT molecular complexity index is 476. The summed E-state index contributed by atoms with van der Waals surface area (Å²) in [6, 6.07) is 0.440. The van der Waals surface area contributed by atoms with Gasteiger partial charge in [-0.3, -0.25) is 9.32 Å². The molecule has 0 saturated carbocycles. The summed E-state index contributed by atoms with van der Waals surface area (Å²) in [6.45, 7) is 0.00931. The van der Waals surface area contributed by atoms with Crippen LogP contribution in [0.15, 0.2) is 0 Å². The second-order valence-corrected chi connectivity index (χ2v) is 7.89. The van der Waals surface area contributed by atoms with Gasteiger partial charge in [0.2, 0.25) is 0 Å². The van der Waals surface area contributed by atoms with E-state index in [1.165, 1.54) is 0 Å². The highest BCUT2D eigenvalue weighted by Gasteiger charge is 2.42. The number of phosphoric ester groups is 1. The zero-order valence-electron chi connectivity index (χ0n) is 13.1. The summed E-state index contributed by atoms with van der Waals surface area (Å²) in [5, 5.41) is 14.8. The third-order valence-corrected chi connectivity index (χ3v) is 5.47. The first-order chi connectivity index (χ1) is 11.2. The number of urea groups is 1. The fourth-order valence-electron chi connectivity index (χ4n) is 2.44. The normalized spacial score (nSPS) is 25.3. The van der Waals surface area contributed by atoms with Crippen LogP contribution in [0, 0.1) is 0 Å². The molecular weight excluding hydrogens is 361 g/mol. The maximum absolute atomic E-state index is 11.1. The van der Waals surface area contributed by atoms with E-state index in [9.17, 15) is 14.2 Å². The molecule has 10 nitrogen and oxygen atoms in total. The molecule has 2 saturated heterocycles. The molecule has 0 aromatic rings. The minimum atomic E-state index is -4.26. The van der Waals surface area contributed by atoms with E-state index in [0.29, 0.717) is 5.25 Å². The Hall–Kier alpha value is -0.840. The first-order valence-corrected chi connectivity index (χ1v) is 10.1. The molecule has 0 aliphatic carbocycles. The average Bonchev–Trinajstić information content (AvgIpc) is 3.01. The van der Waals surface area contributed by atoms with Crippen molar-refractivity contribution in [3.8, 4) is 0 Å². The predicted molar refractivity (Wildman–Crippen MR) is 88.6 cm³/mol. The molecule has 0 unspecified atom stereocenters. The van der Waals surface area contributed by atoms with E-state index < -0.39 is 13.8 Å². The summed E-state index contributed by atoms with van der Waals surface area (Å²) in [4.78, 5) is 37.4. The summed E-state index contributed by atoms with van der Waals surface area (Å²) in [7, 11) is -4.26. The molecule has 2 fully saturated rings. The van der Waals surface area contributed by atoms with Crippen LogP contribution in [0.4, 0.5) is 4.79 Å². The van der Waals surface area contributed by atoms with Gasteiger partial charge in [0.15, 0.2) is 0 Å². The molecule has 140 valence electrons. The maximum atomic E-state index is 11.1. The predicted octanol–water partition coefficient (Wildman–Crippen LogP) is -0.149. The number of carbonyl (C=O) groups excluding carboxylic acids is 1. The van der Waals surface area contributed by atoms with E-state index in [4.69, 9.17) is 20.6 Å². The number of phosphoric acid groups is 1. The minimum absolute atomic E-state index is 0.0640. The van der Waals surface area contributed by atoms with Crippen LogP contribution >= 0.6 is 19.6 Å². The summed E-state index contributed by atoms with van der Waals surface area (Å²) >= 11 is 1.87. The lowest BCUT2D eigenvalue weighted by atomic mass is 10.0. The van der Waals surface area contributed by atoms with Gasteiger partial charge < -0.3 is 31.3 Å². The van der Waals surface area contributed by atoms with E-state index in [1.54, 1.807) is 0 Å². The first-order valence-electron chi connectivity index (χ1n) is 7.53.